The summed E-state index contributed by atoms with van der Waals surface area (Å²) >= 11 is 0. The molecule has 1 saturated carbocycles. The van der Waals surface area contributed by atoms with Crippen LogP contribution in [0.1, 0.15) is 130 Å². The number of aromatic nitrogens is 2. The van der Waals surface area contributed by atoms with E-state index in [0.29, 0.717) is 35.2 Å². The molecule has 8 heteroatoms. The van der Waals surface area contributed by atoms with Gasteiger partial charge in [0.05, 0.1) is 11.4 Å². The number of aromatic amines is 1. The Hall–Kier alpha value is -4.01. The van der Waals surface area contributed by atoms with Crippen LogP contribution in [0.2, 0.25) is 0 Å². The molecular formula is C45H57N3O4S. The van der Waals surface area contributed by atoms with E-state index in [1.54, 1.807) is 12.1 Å². The number of imidazole rings is 1. The van der Waals surface area contributed by atoms with E-state index in [1.165, 1.54) is 42.5 Å². The van der Waals surface area contributed by atoms with E-state index in [1.807, 2.05) is 12.1 Å². The van der Waals surface area contributed by atoms with Crippen molar-refractivity contribution in [1.82, 2.24) is 15.3 Å². The van der Waals surface area contributed by atoms with E-state index in [-0.39, 0.29) is 23.8 Å². The Balaban J connectivity index is 1.25. The summed E-state index contributed by atoms with van der Waals surface area (Å²) in [6.07, 6.45) is 10.5. The van der Waals surface area contributed by atoms with Gasteiger partial charge in [-0.2, -0.15) is 8.42 Å². The SMILES string of the molecule is CC1c2[nH]c(C(Cc3ccc(C(=O)NCCS(=O)(=O)O)cc3)c3ccc(-c4ccc(C(C)(C)C)cc4)cc3)nc2C=CC1C1CCC(C(C)(C)C)CC1. The van der Waals surface area contributed by atoms with Crippen LogP contribution in [0, 0.1) is 23.2 Å². The number of amides is 1. The van der Waals surface area contributed by atoms with E-state index in [9.17, 15) is 13.2 Å². The van der Waals surface area contributed by atoms with Crippen molar-refractivity contribution in [2.75, 3.05) is 12.3 Å². The first-order chi connectivity index (χ1) is 25.0. The van der Waals surface area contributed by atoms with Crippen LogP contribution in [0.5, 0.6) is 0 Å². The molecule has 0 radical (unpaired) electrons. The van der Waals surface area contributed by atoms with Gasteiger partial charge < -0.3 is 10.3 Å². The first-order valence-electron chi connectivity index (χ1n) is 19.3. The van der Waals surface area contributed by atoms with Crippen molar-refractivity contribution in [2.45, 2.75) is 97.8 Å². The molecule has 3 aromatic carbocycles. The van der Waals surface area contributed by atoms with Crippen molar-refractivity contribution in [1.29, 1.82) is 0 Å². The summed E-state index contributed by atoms with van der Waals surface area (Å²) in [6, 6.07) is 25.1. The van der Waals surface area contributed by atoms with Crippen LogP contribution >= 0.6 is 0 Å². The fourth-order valence-corrected chi connectivity index (χ4v) is 8.78. The molecule has 3 atom stereocenters. The van der Waals surface area contributed by atoms with Crippen molar-refractivity contribution in [3.63, 3.8) is 0 Å². The monoisotopic (exact) mass is 735 g/mol. The number of H-pyrrole nitrogens is 1. The number of allylic oxidation sites excluding steroid dienone is 1. The van der Waals surface area contributed by atoms with E-state index in [4.69, 9.17) is 9.54 Å². The molecule has 7 nitrogen and oxygen atoms in total. The summed E-state index contributed by atoms with van der Waals surface area (Å²) in [6.45, 7) is 16.0. The Morgan fingerprint density at radius 1 is 0.887 bits per heavy atom. The number of benzene rings is 3. The molecule has 1 heterocycles. The Kier molecular flexibility index (Phi) is 11.2. The maximum absolute atomic E-state index is 12.7. The molecule has 2 aliphatic carbocycles. The van der Waals surface area contributed by atoms with Gasteiger partial charge in [0.15, 0.2) is 0 Å². The second kappa shape index (κ2) is 15.4. The molecule has 6 rings (SSSR count). The zero-order chi connectivity index (χ0) is 38.1. The summed E-state index contributed by atoms with van der Waals surface area (Å²) < 4.78 is 31.1. The highest BCUT2D eigenvalue weighted by molar-refractivity contribution is 7.85. The molecule has 1 aromatic heterocycles. The van der Waals surface area contributed by atoms with Crippen molar-refractivity contribution in [3.8, 4) is 11.1 Å². The Labute approximate surface area is 316 Å². The summed E-state index contributed by atoms with van der Waals surface area (Å²) in [5, 5.41) is 2.56. The summed E-state index contributed by atoms with van der Waals surface area (Å²) in [4.78, 5) is 21.7. The first kappa shape index (κ1) is 38.7. The zero-order valence-corrected chi connectivity index (χ0v) is 33.3. The van der Waals surface area contributed by atoms with Crippen molar-refractivity contribution in [2.24, 2.45) is 23.2 Å². The molecule has 282 valence electrons. The van der Waals surface area contributed by atoms with Crippen LogP contribution in [0.15, 0.2) is 78.9 Å². The maximum Gasteiger partial charge on any atom is 0.266 e. The number of carbonyl (C=O) groups is 1. The fourth-order valence-electron chi connectivity index (χ4n) is 8.42. The Morgan fingerprint density at radius 2 is 1.49 bits per heavy atom. The van der Waals surface area contributed by atoms with Gasteiger partial charge in [0.2, 0.25) is 0 Å². The van der Waals surface area contributed by atoms with Gasteiger partial charge in [-0.25, -0.2) is 4.98 Å². The molecule has 2 aliphatic rings. The smallest absolute Gasteiger partial charge is 0.266 e. The van der Waals surface area contributed by atoms with Crippen molar-refractivity contribution < 1.29 is 17.8 Å². The molecule has 53 heavy (non-hydrogen) atoms. The Bertz CT molecular complexity index is 2010. The third kappa shape index (κ3) is 9.39. The molecule has 0 spiro atoms. The molecule has 0 aliphatic heterocycles. The number of hydrogen-bond acceptors (Lipinski definition) is 4. The zero-order valence-electron chi connectivity index (χ0n) is 32.4. The fraction of sp³-hybridized carbons (Fsp3) is 0.467. The summed E-state index contributed by atoms with van der Waals surface area (Å²) in [7, 11) is -4.15. The lowest BCUT2D eigenvalue weighted by Gasteiger charge is -2.40. The lowest BCUT2D eigenvalue weighted by molar-refractivity contribution is 0.0956. The maximum atomic E-state index is 12.7. The molecule has 0 saturated heterocycles. The first-order valence-corrected chi connectivity index (χ1v) is 20.9. The summed E-state index contributed by atoms with van der Waals surface area (Å²) in [5.74, 6) is 2.30. The van der Waals surface area contributed by atoms with E-state index in [0.717, 1.165) is 34.1 Å². The lowest BCUT2D eigenvalue weighted by Crippen LogP contribution is -2.30. The second-order valence-corrected chi connectivity index (χ2v) is 19.1. The summed E-state index contributed by atoms with van der Waals surface area (Å²) in [5.41, 5.74) is 9.02. The van der Waals surface area contributed by atoms with Crippen LogP contribution in [-0.2, 0) is 22.0 Å². The highest BCUT2D eigenvalue weighted by Gasteiger charge is 2.37. The van der Waals surface area contributed by atoms with Gasteiger partial charge >= 0.3 is 0 Å². The topological polar surface area (TPSA) is 112 Å². The van der Waals surface area contributed by atoms with Crippen LogP contribution < -0.4 is 5.32 Å². The van der Waals surface area contributed by atoms with Crippen molar-refractivity contribution >= 4 is 22.1 Å². The van der Waals surface area contributed by atoms with Crippen LogP contribution in [0.3, 0.4) is 0 Å². The number of nitrogens with zero attached hydrogens (tertiary/aromatic N) is 1. The largest absolute Gasteiger partial charge is 0.351 e. The minimum absolute atomic E-state index is 0.0476. The quantitative estimate of drug-likeness (QED) is 0.140. The molecule has 1 fully saturated rings. The molecule has 3 unspecified atom stereocenters. The number of hydrogen-bond donors (Lipinski definition) is 3. The van der Waals surface area contributed by atoms with E-state index >= 15 is 0 Å². The predicted octanol–water partition coefficient (Wildman–Crippen LogP) is 9.97. The minimum atomic E-state index is -4.15. The third-order valence-electron chi connectivity index (χ3n) is 11.9. The Morgan fingerprint density at radius 3 is 2.06 bits per heavy atom. The number of rotatable bonds is 10. The number of carbonyl (C=O) groups excluding carboxylic acids is 1. The second-order valence-electron chi connectivity index (χ2n) is 17.6. The average Bonchev–Trinajstić information content (AvgIpc) is 3.55. The van der Waals surface area contributed by atoms with Gasteiger partial charge in [0, 0.05) is 29.6 Å². The van der Waals surface area contributed by atoms with Gasteiger partial charge in [-0.3, -0.25) is 9.35 Å². The van der Waals surface area contributed by atoms with Gasteiger partial charge in [-0.1, -0.05) is 115 Å². The normalized spacial score (nSPS) is 21.2. The van der Waals surface area contributed by atoms with Gasteiger partial charge in [0.1, 0.15) is 5.82 Å². The average molecular weight is 736 g/mol. The molecule has 3 N–H and O–H groups in total. The minimum Gasteiger partial charge on any atom is -0.351 e. The standard InChI is InChI=1S/C45H57N3O4S/c1-29-38(33-18-22-37(23-19-33)45(5,6)7)24-25-40-41(29)48-42(47-40)39(28-30-8-10-35(11-9-30)43(49)46-26-27-53(50,51)52)34-14-12-31(13-15-34)32-16-20-36(21-17-32)44(2,3)4/h8-17,20-21,24-25,29,33,37-39H,18-19,22-23,26-28H2,1-7H3,(H,46,49)(H,47,48)(H,50,51,52). The highest BCUT2D eigenvalue weighted by Crippen LogP contribution is 2.47. The van der Waals surface area contributed by atoms with Crippen molar-refractivity contribution in [3.05, 3.63) is 118 Å². The predicted molar refractivity (Wildman–Crippen MR) is 216 cm³/mol. The molecule has 1 amide bonds. The third-order valence-corrected chi connectivity index (χ3v) is 12.6. The van der Waals surface area contributed by atoms with Gasteiger partial charge in [-0.05, 0) is 107 Å². The number of nitrogens with one attached hydrogen (secondary N) is 2. The van der Waals surface area contributed by atoms with Crippen LogP contribution in [-0.4, -0.2) is 41.1 Å². The van der Waals surface area contributed by atoms with E-state index in [2.05, 4.69) is 119 Å². The molecule has 0 bridgehead atoms. The van der Waals surface area contributed by atoms with Gasteiger partial charge in [-0.15, -0.1) is 0 Å². The molecule has 4 aromatic rings. The lowest BCUT2D eigenvalue weighted by atomic mass is 9.65. The van der Waals surface area contributed by atoms with Crippen LogP contribution in [0.25, 0.3) is 17.2 Å². The van der Waals surface area contributed by atoms with Crippen LogP contribution in [0.4, 0.5) is 0 Å². The van der Waals surface area contributed by atoms with E-state index < -0.39 is 15.9 Å². The van der Waals surface area contributed by atoms with Gasteiger partial charge in [0.25, 0.3) is 16.0 Å². The number of fused-ring (bicyclic) bond motifs is 1. The molecular weight excluding hydrogens is 679 g/mol. The highest BCUT2D eigenvalue weighted by atomic mass is 32.2.